The van der Waals surface area contributed by atoms with Crippen molar-refractivity contribution in [2.45, 2.75) is 18.9 Å². The van der Waals surface area contributed by atoms with Gasteiger partial charge in [-0.2, -0.15) is 0 Å². The molecule has 1 fully saturated rings. The van der Waals surface area contributed by atoms with Gasteiger partial charge >= 0.3 is 0 Å². The summed E-state index contributed by atoms with van der Waals surface area (Å²) in [5.74, 6) is -0.0163. The first-order valence-corrected chi connectivity index (χ1v) is 7.17. The smallest absolute Gasteiger partial charge is 0.238 e. The van der Waals surface area contributed by atoms with Gasteiger partial charge in [-0.1, -0.05) is 6.07 Å². The van der Waals surface area contributed by atoms with Crippen LogP contribution in [0, 0.1) is 3.57 Å². The Bertz CT molecular complexity index is 425. The molecule has 0 unspecified atom stereocenters. The van der Waals surface area contributed by atoms with Crippen molar-refractivity contribution in [1.29, 1.82) is 0 Å². The number of nitrogens with one attached hydrogen (secondary N) is 1. The molecule has 1 aromatic carbocycles. The van der Waals surface area contributed by atoms with Gasteiger partial charge in [0.1, 0.15) is 0 Å². The monoisotopic (exact) mass is 360 g/mol. The molecule has 1 heterocycles. The van der Waals surface area contributed by atoms with E-state index in [0.29, 0.717) is 6.54 Å². The molecular weight excluding hydrogens is 343 g/mol. The summed E-state index contributed by atoms with van der Waals surface area (Å²) in [5, 5.41) is 12.1. The second-order valence-electron chi connectivity index (χ2n) is 4.51. The van der Waals surface area contributed by atoms with Crippen LogP contribution in [0.3, 0.4) is 0 Å². The zero-order chi connectivity index (χ0) is 13.0. The molecule has 0 radical (unpaired) electrons. The molecule has 0 aromatic heterocycles. The molecule has 1 aromatic rings. The number of anilines is 1. The number of aliphatic hydroxyl groups is 1. The van der Waals surface area contributed by atoms with E-state index in [2.05, 4.69) is 27.9 Å². The minimum absolute atomic E-state index is 0.0163. The first kappa shape index (κ1) is 13.8. The molecule has 0 bridgehead atoms. The van der Waals surface area contributed by atoms with Crippen molar-refractivity contribution >= 4 is 34.2 Å². The summed E-state index contributed by atoms with van der Waals surface area (Å²) in [5.41, 5.74) is 0.826. The number of carbonyl (C=O) groups excluding carboxylic acids is 1. The lowest BCUT2D eigenvalue weighted by Crippen LogP contribution is -2.38. The van der Waals surface area contributed by atoms with Gasteiger partial charge in [-0.25, -0.2) is 0 Å². The van der Waals surface area contributed by atoms with Crippen LogP contribution in [-0.4, -0.2) is 41.7 Å². The number of nitrogens with zero attached hydrogens (tertiary/aromatic N) is 1. The van der Waals surface area contributed by atoms with Crippen molar-refractivity contribution in [3.63, 3.8) is 0 Å². The van der Waals surface area contributed by atoms with Crippen LogP contribution in [0.25, 0.3) is 0 Å². The van der Waals surface area contributed by atoms with Crippen molar-refractivity contribution in [1.82, 2.24) is 4.90 Å². The lowest BCUT2D eigenvalue weighted by atomic mass is 10.2. The van der Waals surface area contributed by atoms with Crippen molar-refractivity contribution < 1.29 is 9.90 Å². The molecule has 1 saturated heterocycles. The summed E-state index contributed by atoms with van der Waals surface area (Å²) >= 11 is 2.22. The molecule has 0 spiro atoms. The third-order valence-corrected chi connectivity index (χ3v) is 3.84. The molecule has 0 aliphatic carbocycles. The van der Waals surface area contributed by atoms with Crippen molar-refractivity contribution in [2.24, 2.45) is 0 Å². The Morgan fingerprint density at radius 2 is 2.39 bits per heavy atom. The highest BCUT2D eigenvalue weighted by Crippen LogP contribution is 2.17. The Morgan fingerprint density at radius 1 is 1.56 bits per heavy atom. The van der Waals surface area contributed by atoms with E-state index in [-0.39, 0.29) is 18.6 Å². The summed E-state index contributed by atoms with van der Waals surface area (Å²) in [6.07, 6.45) is 2.04. The standard InChI is InChI=1S/C13H17IN2O2/c14-10-3-1-4-11(7-10)15-13(18)8-16-6-2-5-12(16)9-17/h1,3-4,7,12,17H,2,5-6,8-9H2,(H,15,18)/t12-/m1/s1. The second kappa shape index (κ2) is 6.49. The molecule has 5 heteroatoms. The largest absolute Gasteiger partial charge is 0.395 e. The van der Waals surface area contributed by atoms with Gasteiger partial charge in [0.2, 0.25) is 5.91 Å². The zero-order valence-corrected chi connectivity index (χ0v) is 12.3. The molecule has 1 amide bonds. The van der Waals surface area contributed by atoms with E-state index in [4.69, 9.17) is 0 Å². The van der Waals surface area contributed by atoms with E-state index in [9.17, 15) is 9.90 Å². The molecule has 1 aliphatic heterocycles. The van der Waals surface area contributed by atoms with E-state index >= 15 is 0 Å². The maximum absolute atomic E-state index is 11.9. The number of likely N-dealkylation sites (tertiary alicyclic amines) is 1. The second-order valence-corrected chi connectivity index (χ2v) is 5.75. The van der Waals surface area contributed by atoms with Crippen LogP contribution in [-0.2, 0) is 4.79 Å². The van der Waals surface area contributed by atoms with Crippen LogP contribution in [0.15, 0.2) is 24.3 Å². The number of amides is 1. The van der Waals surface area contributed by atoms with E-state index in [1.807, 2.05) is 29.2 Å². The highest BCUT2D eigenvalue weighted by atomic mass is 127. The average Bonchev–Trinajstić information content (AvgIpc) is 2.76. The summed E-state index contributed by atoms with van der Waals surface area (Å²) in [6, 6.07) is 7.87. The SMILES string of the molecule is O=C(CN1CCC[C@@H]1CO)Nc1cccc(I)c1. The quantitative estimate of drug-likeness (QED) is 0.804. The third-order valence-electron chi connectivity index (χ3n) is 3.16. The lowest BCUT2D eigenvalue weighted by molar-refractivity contribution is -0.117. The Balaban J connectivity index is 1.89. The summed E-state index contributed by atoms with van der Waals surface area (Å²) in [7, 11) is 0. The minimum atomic E-state index is -0.0163. The number of halogens is 1. The van der Waals surface area contributed by atoms with E-state index in [1.54, 1.807) is 0 Å². The highest BCUT2D eigenvalue weighted by Gasteiger charge is 2.25. The van der Waals surface area contributed by atoms with Gasteiger partial charge in [-0.05, 0) is 60.2 Å². The van der Waals surface area contributed by atoms with Crippen LogP contribution in [0.5, 0.6) is 0 Å². The molecule has 98 valence electrons. The normalized spacial score (nSPS) is 20.0. The minimum Gasteiger partial charge on any atom is -0.395 e. The number of hydrogen-bond donors (Lipinski definition) is 2. The number of rotatable bonds is 4. The average molecular weight is 360 g/mol. The molecule has 18 heavy (non-hydrogen) atoms. The fourth-order valence-corrected chi connectivity index (χ4v) is 2.80. The zero-order valence-electron chi connectivity index (χ0n) is 10.1. The highest BCUT2D eigenvalue weighted by molar-refractivity contribution is 14.1. The molecule has 4 nitrogen and oxygen atoms in total. The van der Waals surface area contributed by atoms with Crippen LogP contribution in [0.2, 0.25) is 0 Å². The first-order valence-electron chi connectivity index (χ1n) is 6.09. The van der Waals surface area contributed by atoms with Gasteiger partial charge in [0.15, 0.2) is 0 Å². The Hall–Kier alpha value is -0.660. The van der Waals surface area contributed by atoms with Crippen LogP contribution < -0.4 is 5.32 Å². The van der Waals surface area contributed by atoms with Crippen LogP contribution in [0.4, 0.5) is 5.69 Å². The van der Waals surface area contributed by atoms with Crippen molar-refractivity contribution in [2.75, 3.05) is 25.0 Å². The predicted molar refractivity (Wildman–Crippen MR) is 79.5 cm³/mol. The molecule has 1 atom stereocenters. The van der Waals surface area contributed by atoms with Crippen molar-refractivity contribution in [3.8, 4) is 0 Å². The fraction of sp³-hybridized carbons (Fsp3) is 0.462. The Labute approximate surface area is 121 Å². The van der Waals surface area contributed by atoms with Gasteiger partial charge in [0.25, 0.3) is 0 Å². The van der Waals surface area contributed by atoms with Gasteiger partial charge in [0, 0.05) is 15.3 Å². The summed E-state index contributed by atoms with van der Waals surface area (Å²) in [6.45, 7) is 1.39. The number of aliphatic hydroxyl groups excluding tert-OH is 1. The molecule has 0 saturated carbocycles. The first-order chi connectivity index (χ1) is 8.69. The van der Waals surface area contributed by atoms with Gasteiger partial charge in [0.05, 0.1) is 13.2 Å². The summed E-state index contributed by atoms with van der Waals surface area (Å²) in [4.78, 5) is 13.9. The predicted octanol–water partition coefficient (Wildman–Crippen LogP) is 1.69. The molecule has 2 N–H and O–H groups in total. The maximum Gasteiger partial charge on any atom is 0.238 e. The van der Waals surface area contributed by atoms with E-state index < -0.39 is 0 Å². The van der Waals surface area contributed by atoms with E-state index in [0.717, 1.165) is 28.6 Å². The summed E-state index contributed by atoms with van der Waals surface area (Å²) < 4.78 is 1.10. The third kappa shape index (κ3) is 3.66. The van der Waals surface area contributed by atoms with Gasteiger partial charge in [-0.3, -0.25) is 9.69 Å². The topological polar surface area (TPSA) is 52.6 Å². The molecule has 2 rings (SSSR count). The van der Waals surface area contributed by atoms with Gasteiger partial charge in [-0.15, -0.1) is 0 Å². The van der Waals surface area contributed by atoms with Crippen molar-refractivity contribution in [3.05, 3.63) is 27.8 Å². The number of carbonyl (C=O) groups is 1. The molecule has 1 aliphatic rings. The van der Waals surface area contributed by atoms with E-state index in [1.165, 1.54) is 0 Å². The number of benzene rings is 1. The Morgan fingerprint density at radius 3 is 3.11 bits per heavy atom. The lowest BCUT2D eigenvalue weighted by Gasteiger charge is -2.21. The molecular formula is C13H17IN2O2. The number of hydrogen-bond acceptors (Lipinski definition) is 3. The maximum atomic E-state index is 11.9. The fourth-order valence-electron chi connectivity index (χ4n) is 2.26. The Kier molecular flexibility index (Phi) is 4.96. The van der Waals surface area contributed by atoms with Gasteiger partial charge < -0.3 is 10.4 Å². The van der Waals surface area contributed by atoms with Crippen LogP contribution in [0.1, 0.15) is 12.8 Å². The van der Waals surface area contributed by atoms with Crippen LogP contribution >= 0.6 is 22.6 Å².